The van der Waals surface area contributed by atoms with Crippen LogP contribution in [-0.4, -0.2) is 54.5 Å². The Morgan fingerprint density at radius 1 is 1.22 bits per heavy atom. The summed E-state index contributed by atoms with van der Waals surface area (Å²) in [5.74, 6) is 0.177. The SMILES string of the molecule is CN(Cc1ccccc1)C(=O)C1CCN(C2CCOC2=O)CC1. The zero-order valence-electron chi connectivity index (χ0n) is 13.6. The number of ether oxygens (including phenoxy) is 1. The Hall–Kier alpha value is -1.88. The smallest absolute Gasteiger partial charge is 0.323 e. The summed E-state index contributed by atoms with van der Waals surface area (Å²) in [6, 6.07) is 9.96. The van der Waals surface area contributed by atoms with Gasteiger partial charge in [-0.25, -0.2) is 0 Å². The minimum atomic E-state index is -0.101. The molecule has 2 fully saturated rings. The van der Waals surface area contributed by atoms with Crippen LogP contribution in [0.2, 0.25) is 0 Å². The number of nitrogens with zero attached hydrogens (tertiary/aromatic N) is 2. The lowest BCUT2D eigenvalue weighted by Crippen LogP contribution is -2.46. The summed E-state index contributed by atoms with van der Waals surface area (Å²) >= 11 is 0. The molecule has 2 aliphatic heterocycles. The number of benzene rings is 1. The number of hydrogen-bond acceptors (Lipinski definition) is 4. The lowest BCUT2D eigenvalue weighted by atomic mass is 9.94. The van der Waals surface area contributed by atoms with Crippen molar-refractivity contribution in [2.24, 2.45) is 5.92 Å². The number of piperidine rings is 1. The third kappa shape index (κ3) is 3.72. The Bertz CT molecular complexity index is 553. The number of esters is 1. The highest BCUT2D eigenvalue weighted by molar-refractivity contribution is 5.79. The van der Waals surface area contributed by atoms with E-state index in [2.05, 4.69) is 4.90 Å². The van der Waals surface area contributed by atoms with Gasteiger partial charge in [-0.3, -0.25) is 14.5 Å². The molecule has 1 aromatic rings. The molecule has 2 heterocycles. The van der Waals surface area contributed by atoms with Gasteiger partial charge in [-0.2, -0.15) is 0 Å². The maximum Gasteiger partial charge on any atom is 0.323 e. The minimum Gasteiger partial charge on any atom is -0.464 e. The van der Waals surface area contributed by atoms with E-state index in [4.69, 9.17) is 4.74 Å². The molecule has 0 aromatic heterocycles. The topological polar surface area (TPSA) is 49.9 Å². The highest BCUT2D eigenvalue weighted by atomic mass is 16.5. The summed E-state index contributed by atoms with van der Waals surface area (Å²) in [6.07, 6.45) is 2.43. The van der Waals surface area contributed by atoms with Gasteiger partial charge in [-0.1, -0.05) is 30.3 Å². The largest absolute Gasteiger partial charge is 0.464 e. The molecule has 1 aromatic carbocycles. The molecule has 0 radical (unpaired) electrons. The van der Waals surface area contributed by atoms with Crippen LogP contribution in [0.3, 0.4) is 0 Å². The van der Waals surface area contributed by atoms with Crippen LogP contribution >= 0.6 is 0 Å². The van der Waals surface area contributed by atoms with Gasteiger partial charge in [0.25, 0.3) is 0 Å². The monoisotopic (exact) mass is 316 g/mol. The van der Waals surface area contributed by atoms with E-state index in [1.165, 1.54) is 0 Å². The molecule has 0 bridgehead atoms. The van der Waals surface area contributed by atoms with Crippen LogP contribution in [0.25, 0.3) is 0 Å². The predicted octanol–water partition coefficient (Wildman–Crippen LogP) is 1.67. The third-order valence-electron chi connectivity index (χ3n) is 4.87. The Labute approximate surface area is 137 Å². The summed E-state index contributed by atoms with van der Waals surface area (Å²) in [7, 11) is 1.87. The van der Waals surface area contributed by atoms with E-state index >= 15 is 0 Å². The van der Waals surface area contributed by atoms with E-state index in [0.717, 1.165) is 37.9 Å². The van der Waals surface area contributed by atoms with Crippen LogP contribution in [-0.2, 0) is 20.9 Å². The molecular weight excluding hydrogens is 292 g/mol. The van der Waals surface area contributed by atoms with Gasteiger partial charge >= 0.3 is 5.97 Å². The number of likely N-dealkylation sites (tertiary alicyclic amines) is 1. The molecule has 0 spiro atoms. The summed E-state index contributed by atoms with van der Waals surface area (Å²) in [4.78, 5) is 28.3. The second-order valence-electron chi connectivity index (χ2n) is 6.46. The molecule has 2 saturated heterocycles. The lowest BCUT2D eigenvalue weighted by molar-refractivity contribution is -0.143. The Kier molecular flexibility index (Phi) is 4.96. The van der Waals surface area contributed by atoms with Crippen LogP contribution in [0.4, 0.5) is 0 Å². The van der Waals surface area contributed by atoms with E-state index in [-0.39, 0.29) is 23.8 Å². The first-order valence-electron chi connectivity index (χ1n) is 8.35. The molecule has 0 aliphatic carbocycles. The van der Waals surface area contributed by atoms with E-state index < -0.39 is 0 Å². The van der Waals surface area contributed by atoms with Crippen molar-refractivity contribution in [1.82, 2.24) is 9.80 Å². The maximum atomic E-state index is 12.6. The molecule has 5 nitrogen and oxygen atoms in total. The van der Waals surface area contributed by atoms with Crippen LogP contribution in [0.1, 0.15) is 24.8 Å². The fraction of sp³-hybridized carbons (Fsp3) is 0.556. The molecule has 1 atom stereocenters. The Morgan fingerprint density at radius 3 is 2.52 bits per heavy atom. The van der Waals surface area contributed by atoms with Crippen molar-refractivity contribution < 1.29 is 14.3 Å². The molecule has 5 heteroatoms. The number of carbonyl (C=O) groups is 2. The number of hydrogen-bond donors (Lipinski definition) is 0. The van der Waals surface area contributed by atoms with Gasteiger partial charge in [-0.05, 0) is 31.5 Å². The van der Waals surface area contributed by atoms with Crippen molar-refractivity contribution in [3.8, 4) is 0 Å². The quantitative estimate of drug-likeness (QED) is 0.793. The standard InChI is InChI=1S/C18H24N2O3/c1-19(13-14-5-3-2-4-6-14)17(21)15-7-10-20(11-8-15)16-9-12-23-18(16)22/h2-6,15-16H,7-13H2,1H3. The van der Waals surface area contributed by atoms with Crippen LogP contribution < -0.4 is 0 Å². The summed E-state index contributed by atoms with van der Waals surface area (Å²) in [5, 5.41) is 0. The van der Waals surface area contributed by atoms with Crippen LogP contribution in [0.15, 0.2) is 30.3 Å². The highest BCUT2D eigenvalue weighted by Gasteiger charge is 2.36. The molecule has 0 saturated carbocycles. The van der Waals surface area contributed by atoms with Crippen molar-refractivity contribution in [3.05, 3.63) is 35.9 Å². The number of cyclic esters (lactones) is 1. The van der Waals surface area contributed by atoms with Gasteiger partial charge < -0.3 is 9.64 Å². The van der Waals surface area contributed by atoms with Gasteiger partial charge in [0.15, 0.2) is 0 Å². The second-order valence-corrected chi connectivity index (χ2v) is 6.46. The van der Waals surface area contributed by atoms with Crippen molar-refractivity contribution in [1.29, 1.82) is 0 Å². The predicted molar refractivity (Wildman–Crippen MR) is 86.6 cm³/mol. The van der Waals surface area contributed by atoms with E-state index in [9.17, 15) is 9.59 Å². The van der Waals surface area contributed by atoms with E-state index in [1.807, 2.05) is 42.3 Å². The van der Waals surface area contributed by atoms with Gasteiger partial charge in [0.05, 0.1) is 6.61 Å². The highest BCUT2D eigenvalue weighted by Crippen LogP contribution is 2.24. The molecule has 3 rings (SSSR count). The number of rotatable bonds is 4. The maximum absolute atomic E-state index is 12.6. The first-order valence-corrected chi connectivity index (χ1v) is 8.35. The fourth-order valence-electron chi connectivity index (χ4n) is 3.52. The van der Waals surface area contributed by atoms with Crippen molar-refractivity contribution in [3.63, 3.8) is 0 Å². The molecule has 2 aliphatic rings. The van der Waals surface area contributed by atoms with E-state index in [1.54, 1.807) is 0 Å². The zero-order chi connectivity index (χ0) is 16.2. The van der Waals surface area contributed by atoms with Crippen LogP contribution in [0, 0.1) is 5.92 Å². The van der Waals surface area contributed by atoms with Crippen molar-refractivity contribution in [2.45, 2.75) is 31.8 Å². The minimum absolute atomic E-state index is 0.0670. The first-order chi connectivity index (χ1) is 11.1. The van der Waals surface area contributed by atoms with Gasteiger partial charge in [0, 0.05) is 25.9 Å². The summed E-state index contributed by atoms with van der Waals surface area (Å²) in [6.45, 7) is 2.78. The molecule has 1 amide bonds. The van der Waals surface area contributed by atoms with Crippen molar-refractivity contribution in [2.75, 3.05) is 26.7 Å². The van der Waals surface area contributed by atoms with Gasteiger partial charge in [-0.15, -0.1) is 0 Å². The van der Waals surface area contributed by atoms with Gasteiger partial charge in [0.1, 0.15) is 6.04 Å². The number of carbonyl (C=O) groups excluding carboxylic acids is 2. The lowest BCUT2D eigenvalue weighted by Gasteiger charge is -2.35. The summed E-state index contributed by atoms with van der Waals surface area (Å²) in [5.41, 5.74) is 1.15. The molecular formula is C18H24N2O3. The normalized spacial score (nSPS) is 22.8. The van der Waals surface area contributed by atoms with E-state index in [0.29, 0.717) is 13.2 Å². The fourth-order valence-corrected chi connectivity index (χ4v) is 3.52. The third-order valence-corrected chi connectivity index (χ3v) is 4.87. The number of amides is 1. The van der Waals surface area contributed by atoms with Gasteiger partial charge in [0.2, 0.25) is 5.91 Å². The Morgan fingerprint density at radius 2 is 1.91 bits per heavy atom. The second kappa shape index (κ2) is 7.13. The average molecular weight is 316 g/mol. The summed E-state index contributed by atoms with van der Waals surface area (Å²) < 4.78 is 5.04. The Balaban J connectivity index is 1.50. The van der Waals surface area contributed by atoms with Crippen molar-refractivity contribution >= 4 is 11.9 Å². The van der Waals surface area contributed by atoms with Crippen LogP contribution in [0.5, 0.6) is 0 Å². The first kappa shape index (κ1) is 16.0. The molecule has 23 heavy (non-hydrogen) atoms. The zero-order valence-corrected chi connectivity index (χ0v) is 13.6. The molecule has 0 N–H and O–H groups in total. The average Bonchev–Trinajstić information content (AvgIpc) is 3.01. The molecule has 124 valence electrons. The molecule has 1 unspecified atom stereocenters.